The molecule has 2 fully saturated rings. The summed E-state index contributed by atoms with van der Waals surface area (Å²) in [5, 5.41) is 13.5. The lowest BCUT2D eigenvalue weighted by Gasteiger charge is -2.38. The number of pyridine rings is 1. The number of hydrogen-bond donors (Lipinski definition) is 2. The van der Waals surface area contributed by atoms with Crippen molar-refractivity contribution in [2.45, 2.75) is 67.8 Å². The molecular weight excluding hydrogens is 444 g/mol. The molecule has 8 heteroatoms. The van der Waals surface area contributed by atoms with Gasteiger partial charge in [0.1, 0.15) is 22.2 Å². The van der Waals surface area contributed by atoms with Gasteiger partial charge in [-0.25, -0.2) is 9.83 Å². The fraction of sp³-hybridized carbons (Fsp3) is 0.462. The average Bonchev–Trinajstić information content (AvgIpc) is 2.84. The van der Waals surface area contributed by atoms with Crippen LogP contribution >= 0.6 is 11.8 Å². The van der Waals surface area contributed by atoms with E-state index < -0.39 is 11.2 Å². The van der Waals surface area contributed by atoms with E-state index in [4.69, 9.17) is 17.3 Å². The third kappa shape index (κ3) is 5.04. The van der Waals surface area contributed by atoms with Crippen LogP contribution in [0, 0.1) is 17.9 Å². The first kappa shape index (κ1) is 24.1. The number of rotatable bonds is 8. The zero-order chi connectivity index (χ0) is 24.1. The fourth-order valence-corrected chi connectivity index (χ4v) is 5.72. The second-order valence-electron chi connectivity index (χ2n) is 8.89. The molecule has 0 bridgehead atoms. The van der Waals surface area contributed by atoms with E-state index in [0.29, 0.717) is 46.2 Å². The average molecular weight is 475 g/mol. The molecule has 0 radical (unpaired) electrons. The number of primary amides is 1. The van der Waals surface area contributed by atoms with E-state index in [1.165, 1.54) is 31.0 Å². The van der Waals surface area contributed by atoms with Gasteiger partial charge in [-0.05, 0) is 43.2 Å². The molecule has 1 atom stereocenters. The number of anilines is 1. The van der Waals surface area contributed by atoms with E-state index in [1.807, 2.05) is 37.3 Å². The highest BCUT2D eigenvalue weighted by Crippen LogP contribution is 2.43. The molecule has 1 aromatic heterocycles. The third-order valence-corrected chi connectivity index (χ3v) is 8.02. The molecule has 1 aliphatic heterocycles. The minimum Gasteiger partial charge on any atom is -0.368 e. The molecule has 4 rings (SSSR count). The molecule has 1 amide bonds. The molecule has 1 unspecified atom stereocenters. The van der Waals surface area contributed by atoms with Crippen molar-refractivity contribution in [3.05, 3.63) is 58.4 Å². The molecule has 2 aromatic rings. The number of piperidine rings is 1. The topological polar surface area (TPSA) is 99.4 Å². The first-order chi connectivity index (χ1) is 16.5. The molecule has 3 N–H and O–H groups in total. The van der Waals surface area contributed by atoms with Crippen LogP contribution in [0.1, 0.15) is 61.0 Å². The van der Waals surface area contributed by atoms with E-state index in [1.54, 1.807) is 0 Å². The second kappa shape index (κ2) is 10.9. The number of carbonyl (C=O) groups excluding carboxylic acids is 1. The molecule has 1 aliphatic carbocycles. The molecule has 1 aromatic carbocycles. The SMILES string of the molecule is [C-]#[N+]c1c(N2CCC(NC3CCC3)CC2)nc(SC(C(N)=O)c2ccccc2)c(C#N)c1CC. The van der Waals surface area contributed by atoms with Crippen molar-refractivity contribution in [3.63, 3.8) is 0 Å². The van der Waals surface area contributed by atoms with Gasteiger partial charge >= 0.3 is 0 Å². The van der Waals surface area contributed by atoms with E-state index in [9.17, 15) is 10.1 Å². The summed E-state index contributed by atoms with van der Waals surface area (Å²) < 4.78 is 0. The Morgan fingerprint density at radius 3 is 2.50 bits per heavy atom. The van der Waals surface area contributed by atoms with E-state index in [0.717, 1.165) is 31.5 Å². The van der Waals surface area contributed by atoms with Gasteiger partial charge in [0.2, 0.25) is 11.6 Å². The lowest BCUT2D eigenvalue weighted by Crippen LogP contribution is -2.48. The summed E-state index contributed by atoms with van der Waals surface area (Å²) in [6.45, 7) is 11.4. The zero-order valence-electron chi connectivity index (χ0n) is 19.5. The Morgan fingerprint density at radius 2 is 1.97 bits per heavy atom. The third-order valence-electron chi connectivity index (χ3n) is 6.76. The van der Waals surface area contributed by atoms with Crippen LogP contribution in [0.4, 0.5) is 11.5 Å². The first-order valence-electron chi connectivity index (χ1n) is 11.9. The largest absolute Gasteiger partial charge is 0.368 e. The summed E-state index contributed by atoms with van der Waals surface area (Å²) in [5.74, 6) is 0.130. The summed E-state index contributed by atoms with van der Waals surface area (Å²) in [4.78, 5) is 23.2. The fourth-order valence-electron chi connectivity index (χ4n) is 4.67. The van der Waals surface area contributed by atoms with Crippen molar-refractivity contribution < 1.29 is 4.79 Å². The summed E-state index contributed by atoms with van der Waals surface area (Å²) in [5.41, 5.74) is 8.02. The van der Waals surface area contributed by atoms with Crippen LogP contribution < -0.4 is 16.0 Å². The highest BCUT2D eigenvalue weighted by molar-refractivity contribution is 8.00. The summed E-state index contributed by atoms with van der Waals surface area (Å²) in [6, 6.07) is 12.7. The van der Waals surface area contributed by atoms with Crippen LogP contribution in [0.15, 0.2) is 35.4 Å². The van der Waals surface area contributed by atoms with E-state index >= 15 is 0 Å². The molecule has 2 aliphatic rings. The summed E-state index contributed by atoms with van der Waals surface area (Å²) >= 11 is 1.20. The van der Waals surface area contributed by atoms with Crippen LogP contribution in [0.25, 0.3) is 4.85 Å². The van der Waals surface area contributed by atoms with Crippen LogP contribution in [0.2, 0.25) is 0 Å². The Kier molecular flexibility index (Phi) is 7.72. The number of amides is 1. The second-order valence-corrected chi connectivity index (χ2v) is 9.98. The van der Waals surface area contributed by atoms with Gasteiger partial charge in [0, 0.05) is 25.2 Å². The standard InChI is InChI=1S/C26H30N6OS/c1-3-20-21(16-27)26(34-23(24(28)33)17-8-5-4-6-9-17)31-25(22(20)29-2)32-14-12-19(13-15-32)30-18-10-7-11-18/h4-6,8-9,18-19,23,30H,3,7,10-15H2,1H3,(H2,28,33). The molecule has 34 heavy (non-hydrogen) atoms. The van der Waals surface area contributed by atoms with Gasteiger partial charge < -0.3 is 16.0 Å². The maximum Gasteiger partial charge on any atom is 0.235 e. The normalized spacial score (nSPS) is 17.4. The number of nitrogens with two attached hydrogens (primary N) is 1. The number of nitrogens with zero attached hydrogens (tertiary/aromatic N) is 4. The smallest absolute Gasteiger partial charge is 0.235 e. The Balaban J connectivity index is 1.66. The van der Waals surface area contributed by atoms with Gasteiger partial charge in [-0.2, -0.15) is 5.26 Å². The van der Waals surface area contributed by atoms with Crippen molar-refractivity contribution >= 4 is 29.2 Å². The molecule has 176 valence electrons. The number of aromatic nitrogens is 1. The van der Waals surface area contributed by atoms with Crippen molar-refractivity contribution in [2.75, 3.05) is 18.0 Å². The van der Waals surface area contributed by atoms with Gasteiger partial charge in [-0.1, -0.05) is 55.4 Å². The maximum atomic E-state index is 12.3. The summed E-state index contributed by atoms with van der Waals surface area (Å²) in [7, 11) is 0. The van der Waals surface area contributed by atoms with Crippen LogP contribution in [0.5, 0.6) is 0 Å². The predicted molar refractivity (Wildman–Crippen MR) is 135 cm³/mol. The van der Waals surface area contributed by atoms with Gasteiger partial charge in [-0.15, -0.1) is 0 Å². The Morgan fingerprint density at radius 1 is 1.29 bits per heavy atom. The molecule has 1 saturated heterocycles. The quantitative estimate of drug-likeness (QED) is 0.432. The lowest BCUT2D eigenvalue weighted by atomic mass is 9.91. The number of benzene rings is 1. The van der Waals surface area contributed by atoms with Crippen LogP contribution in [-0.2, 0) is 11.2 Å². The highest BCUT2D eigenvalue weighted by Gasteiger charge is 2.30. The van der Waals surface area contributed by atoms with Crippen molar-refractivity contribution in [1.82, 2.24) is 10.3 Å². The van der Waals surface area contributed by atoms with Gasteiger partial charge in [0.15, 0.2) is 0 Å². The Hall–Kier alpha value is -3.07. The number of carbonyl (C=O) groups is 1. The van der Waals surface area contributed by atoms with Crippen LogP contribution in [-0.4, -0.2) is 36.1 Å². The highest BCUT2D eigenvalue weighted by atomic mass is 32.2. The number of thioether (sulfide) groups is 1. The van der Waals surface area contributed by atoms with Crippen LogP contribution in [0.3, 0.4) is 0 Å². The molecule has 0 spiro atoms. The molecule has 7 nitrogen and oxygen atoms in total. The van der Waals surface area contributed by atoms with Gasteiger partial charge in [0.25, 0.3) is 0 Å². The summed E-state index contributed by atoms with van der Waals surface area (Å²) in [6.07, 6.45) is 6.37. The number of nitriles is 1. The molecule has 2 heterocycles. The monoisotopic (exact) mass is 474 g/mol. The Labute approximate surface area is 205 Å². The number of nitrogens with one attached hydrogen (secondary N) is 1. The zero-order valence-corrected chi connectivity index (χ0v) is 20.3. The number of hydrogen-bond acceptors (Lipinski definition) is 6. The minimum atomic E-state index is -0.672. The Bertz CT molecular complexity index is 1110. The van der Waals surface area contributed by atoms with E-state index in [-0.39, 0.29) is 0 Å². The van der Waals surface area contributed by atoms with Crippen molar-refractivity contribution in [3.8, 4) is 6.07 Å². The molecular formula is C26H30N6OS. The maximum absolute atomic E-state index is 12.3. The minimum absolute atomic E-state index is 0.367. The lowest BCUT2D eigenvalue weighted by molar-refractivity contribution is -0.117. The van der Waals surface area contributed by atoms with Gasteiger partial charge in [0.05, 0.1) is 12.1 Å². The van der Waals surface area contributed by atoms with Crippen molar-refractivity contribution in [2.24, 2.45) is 5.73 Å². The first-order valence-corrected chi connectivity index (χ1v) is 12.8. The van der Waals surface area contributed by atoms with Gasteiger partial charge in [-0.3, -0.25) is 4.79 Å². The molecule has 1 saturated carbocycles. The van der Waals surface area contributed by atoms with Crippen molar-refractivity contribution in [1.29, 1.82) is 5.26 Å². The van der Waals surface area contributed by atoms with E-state index in [2.05, 4.69) is 21.1 Å². The predicted octanol–water partition coefficient (Wildman–Crippen LogP) is 4.50.